The number of amides is 1. The molecule has 1 N–H and O–H groups in total. The number of hydrogen-bond acceptors (Lipinski definition) is 4. The molecule has 1 aliphatic heterocycles. The molecule has 1 heterocycles. The summed E-state index contributed by atoms with van der Waals surface area (Å²) in [4.78, 5) is 23.2. The predicted molar refractivity (Wildman–Crippen MR) is 66.8 cm³/mol. The highest BCUT2D eigenvalue weighted by Crippen LogP contribution is 2.22. The Labute approximate surface area is 106 Å². The molecule has 0 aromatic heterocycles. The first-order valence-corrected chi connectivity index (χ1v) is 5.94. The highest BCUT2D eigenvalue weighted by Gasteiger charge is 2.36. The standard InChI is InChI=1S/C13H16N2O3/c1-3-18-13(17)11-8-12(16)14-15(11)10-6-4-9(2)5-7-10/h4-7,11H,3,8H2,1-2H3,(H,14,16). The Hall–Kier alpha value is -2.04. The van der Waals surface area contributed by atoms with Crippen LogP contribution in [0.5, 0.6) is 0 Å². The fraction of sp³-hybridized carbons (Fsp3) is 0.385. The van der Waals surface area contributed by atoms with Crippen molar-refractivity contribution in [2.24, 2.45) is 0 Å². The van der Waals surface area contributed by atoms with Crippen LogP contribution in [-0.4, -0.2) is 24.5 Å². The number of ether oxygens (including phenoxy) is 1. The fourth-order valence-corrected chi connectivity index (χ4v) is 1.90. The van der Waals surface area contributed by atoms with Crippen LogP contribution in [0.2, 0.25) is 0 Å². The first kappa shape index (κ1) is 12.4. The van der Waals surface area contributed by atoms with Crippen LogP contribution in [0.4, 0.5) is 5.69 Å². The molecule has 0 aliphatic carbocycles. The van der Waals surface area contributed by atoms with E-state index in [9.17, 15) is 9.59 Å². The summed E-state index contributed by atoms with van der Waals surface area (Å²) in [6, 6.07) is 7.02. The maximum Gasteiger partial charge on any atom is 0.331 e. The molecule has 1 aliphatic rings. The van der Waals surface area contributed by atoms with E-state index in [2.05, 4.69) is 5.43 Å². The number of hydrogen-bond donors (Lipinski definition) is 1. The number of aryl methyl sites for hydroxylation is 1. The molecule has 0 radical (unpaired) electrons. The second kappa shape index (κ2) is 5.08. The maximum atomic E-state index is 11.8. The van der Waals surface area contributed by atoms with Gasteiger partial charge in [-0.2, -0.15) is 0 Å². The normalized spacial score (nSPS) is 18.7. The van der Waals surface area contributed by atoms with E-state index in [0.29, 0.717) is 6.61 Å². The molecule has 5 nitrogen and oxygen atoms in total. The lowest BCUT2D eigenvalue weighted by Gasteiger charge is -2.23. The molecule has 18 heavy (non-hydrogen) atoms. The molecule has 0 saturated carbocycles. The molecule has 1 amide bonds. The van der Waals surface area contributed by atoms with Crippen molar-refractivity contribution in [3.63, 3.8) is 0 Å². The van der Waals surface area contributed by atoms with Crippen LogP contribution in [0, 0.1) is 6.92 Å². The third kappa shape index (κ3) is 2.45. The number of carbonyl (C=O) groups excluding carboxylic acids is 2. The molecule has 1 aromatic carbocycles. The number of anilines is 1. The summed E-state index contributed by atoms with van der Waals surface area (Å²) in [7, 11) is 0. The van der Waals surface area contributed by atoms with Gasteiger partial charge in [0.15, 0.2) is 6.04 Å². The Kier molecular flexibility index (Phi) is 3.50. The van der Waals surface area contributed by atoms with Crippen molar-refractivity contribution in [3.05, 3.63) is 29.8 Å². The SMILES string of the molecule is CCOC(=O)C1CC(=O)NN1c1ccc(C)cc1. The number of esters is 1. The lowest BCUT2D eigenvalue weighted by atomic mass is 10.2. The summed E-state index contributed by atoms with van der Waals surface area (Å²) in [5.41, 5.74) is 4.58. The van der Waals surface area contributed by atoms with E-state index in [1.54, 1.807) is 11.9 Å². The van der Waals surface area contributed by atoms with Crippen LogP contribution < -0.4 is 10.4 Å². The van der Waals surface area contributed by atoms with E-state index in [1.165, 1.54) is 0 Å². The zero-order valence-electron chi connectivity index (χ0n) is 10.5. The molecule has 1 saturated heterocycles. The van der Waals surface area contributed by atoms with Crippen molar-refractivity contribution in [1.29, 1.82) is 0 Å². The molecule has 1 fully saturated rings. The van der Waals surface area contributed by atoms with Crippen molar-refractivity contribution in [1.82, 2.24) is 5.43 Å². The van der Waals surface area contributed by atoms with Gasteiger partial charge in [-0.1, -0.05) is 17.7 Å². The van der Waals surface area contributed by atoms with Crippen molar-refractivity contribution >= 4 is 17.6 Å². The van der Waals surface area contributed by atoms with Crippen molar-refractivity contribution < 1.29 is 14.3 Å². The third-order valence-corrected chi connectivity index (χ3v) is 2.81. The van der Waals surface area contributed by atoms with Gasteiger partial charge in [0.25, 0.3) is 0 Å². The second-order valence-corrected chi connectivity index (χ2v) is 4.21. The van der Waals surface area contributed by atoms with Gasteiger partial charge in [-0.25, -0.2) is 4.79 Å². The summed E-state index contributed by atoms with van der Waals surface area (Å²) < 4.78 is 4.98. The largest absolute Gasteiger partial charge is 0.464 e. The van der Waals surface area contributed by atoms with E-state index in [4.69, 9.17) is 4.74 Å². The molecular weight excluding hydrogens is 232 g/mol. The third-order valence-electron chi connectivity index (χ3n) is 2.81. The minimum Gasteiger partial charge on any atom is -0.464 e. The van der Waals surface area contributed by atoms with Gasteiger partial charge >= 0.3 is 5.97 Å². The van der Waals surface area contributed by atoms with E-state index < -0.39 is 6.04 Å². The fourth-order valence-electron chi connectivity index (χ4n) is 1.90. The summed E-state index contributed by atoms with van der Waals surface area (Å²) in [5, 5.41) is 1.57. The molecule has 2 rings (SSSR count). The van der Waals surface area contributed by atoms with Crippen molar-refractivity contribution in [3.8, 4) is 0 Å². The molecular formula is C13H16N2O3. The van der Waals surface area contributed by atoms with Gasteiger partial charge in [-0.05, 0) is 26.0 Å². The topological polar surface area (TPSA) is 58.6 Å². The van der Waals surface area contributed by atoms with E-state index in [1.807, 2.05) is 31.2 Å². The van der Waals surface area contributed by atoms with E-state index in [-0.39, 0.29) is 18.3 Å². The minimum absolute atomic E-state index is 0.132. The van der Waals surface area contributed by atoms with E-state index >= 15 is 0 Å². The minimum atomic E-state index is -0.583. The highest BCUT2D eigenvalue weighted by atomic mass is 16.5. The number of hydrazine groups is 1. The van der Waals surface area contributed by atoms with Gasteiger partial charge in [0.05, 0.1) is 18.7 Å². The molecule has 1 unspecified atom stereocenters. The first-order chi connectivity index (χ1) is 8.61. The number of nitrogens with zero attached hydrogens (tertiary/aromatic N) is 1. The Balaban J connectivity index is 2.21. The lowest BCUT2D eigenvalue weighted by Crippen LogP contribution is -2.43. The average Bonchev–Trinajstić information content (AvgIpc) is 2.73. The van der Waals surface area contributed by atoms with Crippen LogP contribution in [0.15, 0.2) is 24.3 Å². The summed E-state index contributed by atoms with van der Waals surface area (Å²) in [6.45, 7) is 4.04. The van der Waals surface area contributed by atoms with Gasteiger partial charge in [-0.3, -0.25) is 15.2 Å². The molecule has 0 bridgehead atoms. The van der Waals surface area contributed by atoms with Gasteiger partial charge in [-0.15, -0.1) is 0 Å². The van der Waals surface area contributed by atoms with E-state index in [0.717, 1.165) is 11.3 Å². The smallest absolute Gasteiger partial charge is 0.331 e. The van der Waals surface area contributed by atoms with Crippen LogP contribution >= 0.6 is 0 Å². The van der Waals surface area contributed by atoms with Crippen molar-refractivity contribution in [2.75, 3.05) is 11.6 Å². The van der Waals surface area contributed by atoms with Crippen LogP contribution in [0.25, 0.3) is 0 Å². The molecule has 1 aromatic rings. The summed E-state index contributed by atoms with van der Waals surface area (Å²) in [6.07, 6.45) is 0.132. The van der Waals surface area contributed by atoms with Crippen LogP contribution in [-0.2, 0) is 14.3 Å². The zero-order chi connectivity index (χ0) is 13.1. The second-order valence-electron chi connectivity index (χ2n) is 4.21. The highest BCUT2D eigenvalue weighted by molar-refractivity contribution is 5.93. The lowest BCUT2D eigenvalue weighted by molar-refractivity contribution is -0.144. The zero-order valence-corrected chi connectivity index (χ0v) is 10.5. The van der Waals surface area contributed by atoms with Gasteiger partial charge in [0, 0.05) is 0 Å². The van der Waals surface area contributed by atoms with Gasteiger partial charge in [0.2, 0.25) is 5.91 Å². The number of nitrogens with one attached hydrogen (secondary N) is 1. The Morgan fingerprint density at radius 2 is 2.11 bits per heavy atom. The summed E-state index contributed by atoms with van der Waals surface area (Å²) >= 11 is 0. The molecule has 0 spiro atoms. The number of benzene rings is 1. The monoisotopic (exact) mass is 248 g/mol. The molecule has 5 heteroatoms. The average molecular weight is 248 g/mol. The number of carbonyl (C=O) groups is 2. The quantitative estimate of drug-likeness (QED) is 0.816. The maximum absolute atomic E-state index is 11.8. The summed E-state index contributed by atoms with van der Waals surface area (Å²) in [5.74, 6) is -0.551. The Bertz CT molecular complexity index is 456. The first-order valence-electron chi connectivity index (χ1n) is 5.94. The van der Waals surface area contributed by atoms with Crippen LogP contribution in [0.3, 0.4) is 0 Å². The Morgan fingerprint density at radius 1 is 1.44 bits per heavy atom. The van der Waals surface area contributed by atoms with Gasteiger partial charge < -0.3 is 4.74 Å². The number of rotatable bonds is 3. The van der Waals surface area contributed by atoms with Crippen LogP contribution in [0.1, 0.15) is 18.9 Å². The molecule has 96 valence electrons. The molecule has 1 atom stereocenters. The predicted octanol–water partition coefficient (Wildman–Crippen LogP) is 1.17. The Morgan fingerprint density at radius 3 is 2.72 bits per heavy atom. The van der Waals surface area contributed by atoms with Gasteiger partial charge in [0.1, 0.15) is 0 Å². The van der Waals surface area contributed by atoms with Crippen molar-refractivity contribution in [2.45, 2.75) is 26.3 Å².